The van der Waals surface area contributed by atoms with Crippen molar-refractivity contribution in [2.45, 2.75) is 12.8 Å². The highest BCUT2D eigenvalue weighted by atomic mass is 13.9. The Morgan fingerprint density at radius 3 is 2.58 bits per heavy atom. The molecule has 0 heterocycles. The first kappa shape index (κ1) is 9.05. The Morgan fingerprint density at radius 1 is 1.17 bits per heavy atom. The summed E-state index contributed by atoms with van der Waals surface area (Å²) in [6.45, 7) is 3.77. The molecule has 0 aliphatic rings. The third kappa shape index (κ3) is 3.38. The van der Waals surface area contributed by atoms with Crippen LogP contribution in [-0.2, 0) is 0 Å². The molecule has 0 heteroatoms. The maximum atomic E-state index is 3.77. The van der Waals surface area contributed by atoms with E-state index in [1.807, 2.05) is 18.2 Å². The first-order valence-electron chi connectivity index (χ1n) is 4.27. The van der Waals surface area contributed by atoms with E-state index in [0.29, 0.717) is 0 Å². The van der Waals surface area contributed by atoms with Crippen molar-refractivity contribution in [1.29, 1.82) is 0 Å². The molecule has 0 N–H and O–H groups in total. The molecule has 2 radical (unpaired) electrons. The Hall–Kier alpha value is -1.04. The zero-order valence-electron chi connectivity index (χ0n) is 7.24. The van der Waals surface area contributed by atoms with Crippen LogP contribution in [0.2, 0.25) is 0 Å². The highest BCUT2D eigenvalue weighted by molar-refractivity contribution is 5.49. The van der Waals surface area contributed by atoms with E-state index in [1.165, 1.54) is 5.56 Å². The van der Waals surface area contributed by atoms with Crippen LogP contribution in [0.5, 0.6) is 0 Å². The summed E-state index contributed by atoms with van der Waals surface area (Å²) in [6.07, 6.45) is 8.36. The highest BCUT2D eigenvalue weighted by Gasteiger charge is 1.82. The largest absolute Gasteiger partial charge is 0.0802 e. The van der Waals surface area contributed by atoms with Gasteiger partial charge in [-0.3, -0.25) is 0 Å². The summed E-state index contributed by atoms with van der Waals surface area (Å²) in [4.78, 5) is 0. The molecule has 0 aromatic heterocycles. The van der Waals surface area contributed by atoms with Gasteiger partial charge in [0.15, 0.2) is 0 Å². The van der Waals surface area contributed by atoms with Crippen LogP contribution in [-0.4, -0.2) is 0 Å². The van der Waals surface area contributed by atoms with Crippen molar-refractivity contribution in [2.75, 3.05) is 0 Å². The molecule has 0 saturated carbocycles. The summed E-state index contributed by atoms with van der Waals surface area (Å²) in [5.41, 5.74) is 1.25. The molecule has 0 aliphatic carbocycles. The Bertz CT molecular complexity index is 221. The van der Waals surface area contributed by atoms with Gasteiger partial charge in [-0.2, -0.15) is 0 Å². The van der Waals surface area contributed by atoms with Gasteiger partial charge in [0.1, 0.15) is 0 Å². The van der Waals surface area contributed by atoms with E-state index in [9.17, 15) is 0 Å². The lowest BCUT2D eigenvalue weighted by Crippen LogP contribution is -1.70. The number of benzene rings is 1. The van der Waals surface area contributed by atoms with Crippen LogP contribution in [0, 0.1) is 13.3 Å². The molecule has 0 bridgehead atoms. The molecular formula is C12H14. The van der Waals surface area contributed by atoms with Gasteiger partial charge in [0, 0.05) is 0 Å². The topological polar surface area (TPSA) is 0 Å². The molecule has 0 saturated heterocycles. The first-order chi connectivity index (χ1) is 5.93. The fourth-order valence-electron chi connectivity index (χ4n) is 0.957. The van der Waals surface area contributed by atoms with Crippen molar-refractivity contribution in [3.05, 3.63) is 55.3 Å². The molecular weight excluding hydrogens is 144 g/mol. The second kappa shape index (κ2) is 5.59. The first-order valence-corrected chi connectivity index (χ1v) is 4.27. The normalized spacial score (nSPS) is 10.8. The van der Waals surface area contributed by atoms with Gasteiger partial charge in [-0.05, 0) is 18.4 Å². The smallest absolute Gasteiger partial charge is 0.0167 e. The standard InChI is InChI=1S/C12H14/c1-2-3-4-6-9-12-10-7-5-8-11-12/h4-11H,1-3H2/b9-6+. The molecule has 62 valence electrons. The molecule has 0 aliphatic heterocycles. The Balaban J connectivity index is 2.36. The number of rotatable bonds is 4. The van der Waals surface area contributed by atoms with Gasteiger partial charge in [-0.25, -0.2) is 0 Å². The fraction of sp³-hybridized carbons (Fsp3) is 0.167. The maximum Gasteiger partial charge on any atom is -0.0167 e. The average Bonchev–Trinajstić information content (AvgIpc) is 2.14. The number of allylic oxidation sites excluding steroid dienone is 1. The molecule has 0 spiro atoms. The van der Waals surface area contributed by atoms with Crippen molar-refractivity contribution in [1.82, 2.24) is 0 Å². The van der Waals surface area contributed by atoms with Crippen LogP contribution < -0.4 is 0 Å². The van der Waals surface area contributed by atoms with Gasteiger partial charge in [0.2, 0.25) is 0 Å². The monoisotopic (exact) mass is 158 g/mol. The number of hydrogen-bond donors (Lipinski definition) is 0. The maximum absolute atomic E-state index is 3.77. The van der Waals surface area contributed by atoms with Gasteiger partial charge < -0.3 is 0 Å². The summed E-state index contributed by atoms with van der Waals surface area (Å²) >= 11 is 0. The van der Waals surface area contributed by atoms with Gasteiger partial charge in [0.25, 0.3) is 0 Å². The van der Waals surface area contributed by atoms with Crippen molar-refractivity contribution in [2.24, 2.45) is 0 Å². The second-order valence-electron chi connectivity index (χ2n) is 2.65. The number of hydrogen-bond acceptors (Lipinski definition) is 0. The van der Waals surface area contributed by atoms with E-state index in [1.54, 1.807) is 0 Å². The molecule has 1 aromatic carbocycles. The van der Waals surface area contributed by atoms with Crippen molar-refractivity contribution < 1.29 is 0 Å². The van der Waals surface area contributed by atoms with E-state index in [2.05, 4.69) is 37.6 Å². The van der Waals surface area contributed by atoms with Gasteiger partial charge in [-0.1, -0.05) is 55.8 Å². The second-order valence-corrected chi connectivity index (χ2v) is 2.65. The van der Waals surface area contributed by atoms with Crippen LogP contribution in [0.3, 0.4) is 0 Å². The highest BCUT2D eigenvalue weighted by Crippen LogP contribution is 2.02. The lowest BCUT2D eigenvalue weighted by atomic mass is 10.2. The van der Waals surface area contributed by atoms with E-state index < -0.39 is 0 Å². The number of unbranched alkanes of at least 4 members (excludes halogenated alkanes) is 2. The summed E-state index contributed by atoms with van der Waals surface area (Å²) in [7, 11) is 0. The summed E-state index contributed by atoms with van der Waals surface area (Å²) in [5.74, 6) is 0. The molecule has 1 aromatic rings. The minimum Gasteiger partial charge on any atom is -0.0802 e. The van der Waals surface area contributed by atoms with E-state index in [-0.39, 0.29) is 0 Å². The van der Waals surface area contributed by atoms with Crippen molar-refractivity contribution >= 4 is 6.08 Å². The van der Waals surface area contributed by atoms with E-state index in [4.69, 9.17) is 0 Å². The third-order valence-electron chi connectivity index (χ3n) is 1.60. The molecule has 0 unspecified atom stereocenters. The molecule has 0 nitrogen and oxygen atoms in total. The fourth-order valence-corrected chi connectivity index (χ4v) is 0.957. The van der Waals surface area contributed by atoms with Gasteiger partial charge in [-0.15, -0.1) is 0 Å². The van der Waals surface area contributed by atoms with Crippen LogP contribution >= 0.6 is 0 Å². The minimum absolute atomic E-state index is 0.971. The SMILES string of the molecule is [CH2]CC[CH]/C=C/c1ccccc1. The molecule has 12 heavy (non-hydrogen) atoms. The molecule has 1 rings (SSSR count). The summed E-state index contributed by atoms with van der Waals surface area (Å²) < 4.78 is 0. The zero-order chi connectivity index (χ0) is 8.65. The van der Waals surface area contributed by atoms with Crippen molar-refractivity contribution in [3.8, 4) is 0 Å². The van der Waals surface area contributed by atoms with Crippen LogP contribution in [0.15, 0.2) is 36.4 Å². The third-order valence-corrected chi connectivity index (χ3v) is 1.60. The van der Waals surface area contributed by atoms with Gasteiger partial charge >= 0.3 is 0 Å². The summed E-state index contributed by atoms with van der Waals surface area (Å²) in [6, 6.07) is 10.3. The molecule has 0 atom stereocenters. The predicted molar refractivity (Wildman–Crippen MR) is 54.4 cm³/mol. The quantitative estimate of drug-likeness (QED) is 0.588. The minimum atomic E-state index is 0.971. The summed E-state index contributed by atoms with van der Waals surface area (Å²) in [5, 5.41) is 0. The predicted octanol–water partition coefficient (Wildman–Crippen LogP) is 3.52. The van der Waals surface area contributed by atoms with Crippen LogP contribution in [0.1, 0.15) is 18.4 Å². The van der Waals surface area contributed by atoms with Crippen molar-refractivity contribution in [3.63, 3.8) is 0 Å². The van der Waals surface area contributed by atoms with Crippen LogP contribution in [0.4, 0.5) is 0 Å². The van der Waals surface area contributed by atoms with E-state index >= 15 is 0 Å². The molecule has 0 amide bonds. The zero-order valence-corrected chi connectivity index (χ0v) is 7.24. The van der Waals surface area contributed by atoms with Gasteiger partial charge in [0.05, 0.1) is 0 Å². The van der Waals surface area contributed by atoms with Crippen LogP contribution in [0.25, 0.3) is 6.08 Å². The average molecular weight is 158 g/mol. The van der Waals surface area contributed by atoms with E-state index in [0.717, 1.165) is 12.8 Å². The Kier molecular flexibility index (Phi) is 4.22. The Morgan fingerprint density at radius 2 is 1.92 bits per heavy atom. The lowest BCUT2D eigenvalue weighted by molar-refractivity contribution is 1.00. The Labute approximate surface area is 74.9 Å². The lowest BCUT2D eigenvalue weighted by Gasteiger charge is -1.90. The molecule has 0 fully saturated rings.